The maximum absolute atomic E-state index is 7.73. The third-order valence-corrected chi connectivity index (χ3v) is 13.3. The Morgan fingerprint density at radius 2 is 1.38 bits per heavy atom. The van der Waals surface area contributed by atoms with Gasteiger partial charge in [0.2, 0.25) is 0 Å². The Kier molecular flexibility index (Phi) is 14.8. The number of nitrogens with zero attached hydrogens (tertiary/aromatic N) is 1. The summed E-state index contributed by atoms with van der Waals surface area (Å²) in [5.74, 6) is 0. The molecular formula is C11H25Cl2NOSn. The first-order valence-corrected chi connectivity index (χ1v) is 17.2. The van der Waals surface area contributed by atoms with Crippen molar-refractivity contribution in [1.82, 2.24) is 0 Å². The standard InChI is InChI=1S/2C4H9.C3H7NO.2ClH.Sn/c2*1-3-4-2;1-3(2)4-5;;;/h2*1,3-4H2,2H3;5H,1-2H3;2*1H;/q;;;;;+2/p-2. The Bertz CT molecular complexity index is 173. The Hall–Kier alpha value is 0.849. The number of hydrogen-bond acceptors (Lipinski definition) is 2. The molecule has 0 aliphatic rings. The van der Waals surface area contributed by atoms with Crippen LogP contribution >= 0.6 is 17.8 Å². The van der Waals surface area contributed by atoms with Crippen LogP contribution in [0.25, 0.3) is 0 Å². The van der Waals surface area contributed by atoms with Gasteiger partial charge < -0.3 is 5.21 Å². The molecule has 0 saturated carbocycles. The molecule has 0 aliphatic carbocycles. The molecule has 0 radical (unpaired) electrons. The minimum atomic E-state index is -2.49. The van der Waals surface area contributed by atoms with Crippen molar-refractivity contribution in [3.05, 3.63) is 0 Å². The van der Waals surface area contributed by atoms with Crippen molar-refractivity contribution in [2.75, 3.05) is 0 Å². The van der Waals surface area contributed by atoms with E-state index >= 15 is 0 Å². The van der Waals surface area contributed by atoms with E-state index in [4.69, 9.17) is 23.0 Å². The molecule has 0 aromatic heterocycles. The van der Waals surface area contributed by atoms with Crippen molar-refractivity contribution in [3.8, 4) is 0 Å². The predicted octanol–water partition coefficient (Wildman–Crippen LogP) is 5.36. The van der Waals surface area contributed by atoms with Crippen molar-refractivity contribution in [1.29, 1.82) is 0 Å². The van der Waals surface area contributed by atoms with E-state index in [0.29, 0.717) is 5.71 Å². The molecule has 0 saturated heterocycles. The van der Waals surface area contributed by atoms with Gasteiger partial charge in [-0.1, -0.05) is 5.16 Å². The van der Waals surface area contributed by atoms with Gasteiger partial charge in [0.15, 0.2) is 0 Å². The van der Waals surface area contributed by atoms with Gasteiger partial charge in [0.1, 0.15) is 0 Å². The second kappa shape index (κ2) is 12.3. The fourth-order valence-corrected chi connectivity index (χ4v) is 10.3. The molecule has 5 heteroatoms. The van der Waals surface area contributed by atoms with Gasteiger partial charge in [0, 0.05) is 0 Å². The normalized spacial score (nSPS) is 10.4. The van der Waals surface area contributed by atoms with E-state index in [0.717, 1.165) is 8.87 Å². The zero-order valence-corrected chi connectivity index (χ0v) is 15.3. The average Bonchev–Trinajstić information content (AvgIpc) is 2.24. The van der Waals surface area contributed by atoms with Gasteiger partial charge in [0.25, 0.3) is 0 Å². The molecule has 0 rings (SSSR count). The van der Waals surface area contributed by atoms with Crippen LogP contribution in [0.5, 0.6) is 0 Å². The maximum atomic E-state index is 7.73. The molecular weight excluding hydrogens is 352 g/mol. The van der Waals surface area contributed by atoms with Crippen LogP contribution < -0.4 is 0 Å². The number of unbranched alkanes of at least 4 members (excludes halogenated alkanes) is 2. The van der Waals surface area contributed by atoms with Crippen molar-refractivity contribution in [2.24, 2.45) is 5.16 Å². The van der Waals surface area contributed by atoms with Crippen molar-refractivity contribution in [3.63, 3.8) is 0 Å². The van der Waals surface area contributed by atoms with Gasteiger partial charge in [-0.15, -0.1) is 0 Å². The minimum absolute atomic E-state index is 0.685. The zero-order valence-electron chi connectivity index (χ0n) is 10.9. The average molecular weight is 377 g/mol. The Morgan fingerprint density at radius 1 is 1.06 bits per heavy atom. The second-order valence-corrected chi connectivity index (χ2v) is 22.9. The van der Waals surface area contributed by atoms with E-state index in [2.05, 4.69) is 19.0 Å². The summed E-state index contributed by atoms with van der Waals surface area (Å²) in [6, 6.07) is 0. The van der Waals surface area contributed by atoms with E-state index < -0.39 is 16.1 Å². The Labute approximate surface area is 112 Å². The molecule has 0 heterocycles. The molecule has 16 heavy (non-hydrogen) atoms. The van der Waals surface area contributed by atoms with Crippen molar-refractivity contribution >= 4 is 39.7 Å². The quantitative estimate of drug-likeness (QED) is 0.287. The topological polar surface area (TPSA) is 32.6 Å². The van der Waals surface area contributed by atoms with E-state index in [-0.39, 0.29) is 0 Å². The Morgan fingerprint density at radius 3 is 1.56 bits per heavy atom. The van der Waals surface area contributed by atoms with Gasteiger partial charge >= 0.3 is 82.4 Å². The zero-order chi connectivity index (χ0) is 13.0. The number of hydrogen-bond donors (Lipinski definition) is 1. The van der Waals surface area contributed by atoms with E-state index in [1.54, 1.807) is 13.8 Å². The first-order valence-electron chi connectivity index (χ1n) is 5.92. The molecule has 0 unspecified atom stereocenters. The summed E-state index contributed by atoms with van der Waals surface area (Å²) in [6.45, 7) is 7.82. The van der Waals surface area contributed by atoms with Gasteiger partial charge in [-0.05, 0) is 13.8 Å². The summed E-state index contributed by atoms with van der Waals surface area (Å²) in [6.07, 6.45) is 4.91. The molecule has 0 aliphatic heterocycles. The molecule has 2 nitrogen and oxygen atoms in total. The van der Waals surface area contributed by atoms with Gasteiger partial charge in [-0.3, -0.25) is 0 Å². The summed E-state index contributed by atoms with van der Waals surface area (Å²) in [7, 11) is 12.5. The fraction of sp³-hybridized carbons (Fsp3) is 0.909. The predicted molar refractivity (Wildman–Crippen MR) is 77.5 cm³/mol. The molecule has 0 bridgehead atoms. The van der Waals surface area contributed by atoms with E-state index in [1.807, 2.05) is 0 Å². The van der Waals surface area contributed by atoms with Crippen LogP contribution in [0.4, 0.5) is 0 Å². The third kappa shape index (κ3) is 17.2. The molecule has 0 fully saturated rings. The van der Waals surface area contributed by atoms with Crippen molar-refractivity contribution < 1.29 is 5.21 Å². The molecule has 0 spiro atoms. The van der Waals surface area contributed by atoms with Gasteiger partial charge in [0.05, 0.1) is 5.71 Å². The summed E-state index contributed by atoms with van der Waals surface area (Å²) in [4.78, 5) is 0. The summed E-state index contributed by atoms with van der Waals surface area (Å²) < 4.78 is 2.29. The van der Waals surface area contributed by atoms with Gasteiger partial charge in [-0.25, -0.2) is 0 Å². The van der Waals surface area contributed by atoms with E-state index in [9.17, 15) is 0 Å². The van der Waals surface area contributed by atoms with Crippen LogP contribution in [0.1, 0.15) is 53.4 Å². The molecule has 1 N–H and O–H groups in total. The third-order valence-electron chi connectivity index (χ3n) is 1.99. The monoisotopic (exact) mass is 377 g/mol. The molecule has 0 aromatic carbocycles. The van der Waals surface area contributed by atoms with Crippen LogP contribution in [0.3, 0.4) is 0 Å². The number of oxime groups is 1. The summed E-state index contributed by atoms with van der Waals surface area (Å²) in [5, 5.41) is 10.5. The molecule has 0 aromatic rings. The first-order chi connectivity index (χ1) is 7.39. The Balaban J connectivity index is 0. The first kappa shape index (κ1) is 19.2. The van der Waals surface area contributed by atoms with Gasteiger partial charge in [-0.2, -0.15) is 0 Å². The van der Waals surface area contributed by atoms with Crippen LogP contribution in [-0.4, -0.2) is 27.0 Å². The van der Waals surface area contributed by atoms with Crippen LogP contribution in [0, 0.1) is 0 Å². The number of halogens is 2. The van der Waals surface area contributed by atoms with Crippen molar-refractivity contribution in [2.45, 2.75) is 62.3 Å². The SMILES string of the molecule is CC(C)=NO.CCC[CH2][Sn]([Cl])([Cl])[CH2]CCC. The molecule has 0 atom stereocenters. The van der Waals surface area contributed by atoms with Crippen LogP contribution in [-0.2, 0) is 0 Å². The molecule has 0 amide bonds. The van der Waals surface area contributed by atoms with Crippen LogP contribution in [0.2, 0.25) is 8.87 Å². The number of rotatable bonds is 6. The molecule has 98 valence electrons. The second-order valence-electron chi connectivity index (χ2n) is 4.11. The van der Waals surface area contributed by atoms with E-state index in [1.165, 1.54) is 25.7 Å². The van der Waals surface area contributed by atoms with Crippen LogP contribution in [0.15, 0.2) is 5.16 Å². The summed E-state index contributed by atoms with van der Waals surface area (Å²) in [5.41, 5.74) is 0.685. The summed E-state index contributed by atoms with van der Waals surface area (Å²) >= 11 is -2.49. The fourth-order valence-electron chi connectivity index (χ4n) is 0.996.